The van der Waals surface area contributed by atoms with Crippen LogP contribution in [0.3, 0.4) is 0 Å². The second kappa shape index (κ2) is 6.91. The van der Waals surface area contributed by atoms with Crippen LogP contribution in [0.25, 0.3) is 0 Å². The fourth-order valence-corrected chi connectivity index (χ4v) is 5.61. The highest BCUT2D eigenvalue weighted by atomic mass is 32.2. The van der Waals surface area contributed by atoms with Gasteiger partial charge in [-0.1, -0.05) is 18.9 Å². The van der Waals surface area contributed by atoms with Crippen molar-refractivity contribution in [2.45, 2.75) is 56.0 Å². The number of nitrogens with one attached hydrogen (secondary N) is 1. The van der Waals surface area contributed by atoms with Gasteiger partial charge >= 0.3 is 0 Å². The van der Waals surface area contributed by atoms with E-state index >= 15 is 0 Å². The molecule has 1 aliphatic heterocycles. The summed E-state index contributed by atoms with van der Waals surface area (Å²) in [6.07, 6.45) is 5.15. The lowest BCUT2D eigenvalue weighted by atomic mass is 9.81. The topological polar surface area (TPSA) is 92.8 Å². The minimum atomic E-state index is -3.71. The maximum atomic E-state index is 12.7. The van der Waals surface area contributed by atoms with E-state index < -0.39 is 10.0 Å². The van der Waals surface area contributed by atoms with Crippen LogP contribution < -0.4 is 9.46 Å². The van der Waals surface area contributed by atoms with Crippen molar-refractivity contribution in [3.8, 4) is 5.75 Å². The molecular formula is C19H24N2O5S. The van der Waals surface area contributed by atoms with Crippen molar-refractivity contribution in [3.05, 3.63) is 23.8 Å². The predicted molar refractivity (Wildman–Crippen MR) is 97.3 cm³/mol. The van der Waals surface area contributed by atoms with E-state index in [2.05, 4.69) is 4.72 Å². The standard InChI is InChI=1S/C19H24N2O5S/c1-26-16-9-6-12(10-17(16)27(24,25)20-13-7-8-13)11-21-18(22)14-4-2-3-5-15(14)19(21)23/h6,9-10,13-15,20H,2-5,7-8,11H2,1H3/t14-,15-/m1/s1. The van der Waals surface area contributed by atoms with Crippen molar-refractivity contribution in [3.63, 3.8) is 0 Å². The molecule has 0 spiro atoms. The van der Waals surface area contributed by atoms with Crippen LogP contribution in [-0.4, -0.2) is 38.3 Å². The van der Waals surface area contributed by atoms with Gasteiger partial charge in [0.25, 0.3) is 0 Å². The summed E-state index contributed by atoms with van der Waals surface area (Å²) in [6, 6.07) is 4.77. The van der Waals surface area contributed by atoms with E-state index in [4.69, 9.17) is 4.74 Å². The Morgan fingerprint density at radius 1 is 1.07 bits per heavy atom. The van der Waals surface area contributed by atoms with E-state index in [0.717, 1.165) is 38.5 Å². The van der Waals surface area contributed by atoms with Gasteiger partial charge < -0.3 is 4.74 Å². The molecule has 3 aliphatic rings. The zero-order chi connectivity index (χ0) is 19.2. The Morgan fingerprint density at radius 2 is 1.70 bits per heavy atom. The second-order valence-corrected chi connectivity index (χ2v) is 9.32. The summed E-state index contributed by atoms with van der Waals surface area (Å²) >= 11 is 0. The Kier molecular flexibility index (Phi) is 4.71. The van der Waals surface area contributed by atoms with Gasteiger partial charge in [-0.05, 0) is 43.4 Å². The lowest BCUT2D eigenvalue weighted by Crippen LogP contribution is -2.31. The summed E-state index contributed by atoms with van der Waals surface area (Å²) in [5.74, 6) is -0.407. The van der Waals surface area contributed by atoms with E-state index in [0.29, 0.717) is 5.56 Å². The van der Waals surface area contributed by atoms with Crippen molar-refractivity contribution in [1.82, 2.24) is 9.62 Å². The van der Waals surface area contributed by atoms with Crippen LogP contribution in [0.5, 0.6) is 5.75 Å². The quantitative estimate of drug-likeness (QED) is 0.746. The number of ether oxygens (including phenoxy) is 1. The van der Waals surface area contributed by atoms with E-state index in [9.17, 15) is 18.0 Å². The molecule has 1 aromatic carbocycles. The van der Waals surface area contributed by atoms with Crippen molar-refractivity contribution in [2.75, 3.05) is 7.11 Å². The van der Waals surface area contributed by atoms with Gasteiger partial charge in [-0.25, -0.2) is 13.1 Å². The van der Waals surface area contributed by atoms with Crippen molar-refractivity contribution in [1.29, 1.82) is 0 Å². The highest BCUT2D eigenvalue weighted by molar-refractivity contribution is 7.89. The first kappa shape index (κ1) is 18.4. The third-order valence-corrected chi connectivity index (χ3v) is 7.23. The summed E-state index contributed by atoms with van der Waals surface area (Å²) < 4.78 is 33.2. The molecule has 0 radical (unpaired) electrons. The average molecular weight is 392 g/mol. The predicted octanol–water partition coefficient (Wildman–Crippen LogP) is 1.81. The SMILES string of the molecule is COc1ccc(CN2C(=O)[C@@H]3CCCC[C@H]3C2=O)cc1S(=O)(=O)NC1CC1. The molecule has 0 bridgehead atoms. The van der Waals surface area contributed by atoms with Crippen LogP contribution in [0.1, 0.15) is 44.1 Å². The van der Waals surface area contributed by atoms with Gasteiger partial charge in [0, 0.05) is 6.04 Å². The number of amides is 2. The van der Waals surface area contributed by atoms with Gasteiger partial charge in [-0.2, -0.15) is 0 Å². The highest BCUT2D eigenvalue weighted by Crippen LogP contribution is 2.39. The number of likely N-dealkylation sites (tertiary alicyclic amines) is 1. The van der Waals surface area contributed by atoms with Gasteiger partial charge in [0.05, 0.1) is 25.5 Å². The first-order chi connectivity index (χ1) is 12.9. The van der Waals surface area contributed by atoms with E-state index in [1.807, 2.05) is 0 Å². The Labute approximate surface area is 159 Å². The number of carbonyl (C=O) groups is 2. The largest absolute Gasteiger partial charge is 0.495 e. The number of carbonyl (C=O) groups excluding carboxylic acids is 2. The minimum absolute atomic E-state index is 0.0202. The number of sulfonamides is 1. The Balaban J connectivity index is 1.60. The molecule has 2 atom stereocenters. The third-order valence-electron chi connectivity index (χ3n) is 5.69. The zero-order valence-corrected chi connectivity index (χ0v) is 16.1. The lowest BCUT2D eigenvalue weighted by molar-refractivity contribution is -0.140. The van der Waals surface area contributed by atoms with Crippen LogP contribution >= 0.6 is 0 Å². The van der Waals surface area contributed by atoms with Crippen LogP contribution in [0.2, 0.25) is 0 Å². The van der Waals surface area contributed by atoms with Gasteiger partial charge in [0.1, 0.15) is 10.6 Å². The second-order valence-electron chi connectivity index (χ2n) is 7.64. The van der Waals surface area contributed by atoms with E-state index in [-0.39, 0.29) is 46.9 Å². The number of benzene rings is 1. The Morgan fingerprint density at radius 3 is 2.26 bits per heavy atom. The summed E-state index contributed by atoms with van der Waals surface area (Å²) in [4.78, 5) is 26.7. The third kappa shape index (κ3) is 3.48. The average Bonchev–Trinajstić information content (AvgIpc) is 3.44. The van der Waals surface area contributed by atoms with Gasteiger partial charge in [0.15, 0.2) is 0 Å². The number of nitrogens with zero attached hydrogens (tertiary/aromatic N) is 1. The minimum Gasteiger partial charge on any atom is -0.495 e. The number of hydrogen-bond acceptors (Lipinski definition) is 5. The molecule has 0 unspecified atom stereocenters. The molecule has 2 amide bonds. The van der Waals surface area contributed by atoms with Crippen molar-refractivity contribution >= 4 is 21.8 Å². The number of rotatable bonds is 6. The highest BCUT2D eigenvalue weighted by Gasteiger charge is 2.48. The van der Waals surface area contributed by atoms with Gasteiger partial charge in [-0.3, -0.25) is 14.5 Å². The molecular weight excluding hydrogens is 368 g/mol. The number of imide groups is 1. The smallest absolute Gasteiger partial charge is 0.244 e. The maximum absolute atomic E-state index is 12.7. The molecule has 1 N–H and O–H groups in total. The monoisotopic (exact) mass is 392 g/mol. The zero-order valence-electron chi connectivity index (χ0n) is 15.3. The molecule has 7 nitrogen and oxygen atoms in total. The summed E-state index contributed by atoms with van der Waals surface area (Å²) in [5, 5.41) is 0. The first-order valence-electron chi connectivity index (χ1n) is 9.45. The molecule has 146 valence electrons. The molecule has 27 heavy (non-hydrogen) atoms. The fourth-order valence-electron chi connectivity index (χ4n) is 4.08. The molecule has 0 aromatic heterocycles. The van der Waals surface area contributed by atoms with Crippen LogP contribution in [0, 0.1) is 11.8 Å². The first-order valence-corrected chi connectivity index (χ1v) is 10.9. The lowest BCUT2D eigenvalue weighted by Gasteiger charge is -2.19. The van der Waals surface area contributed by atoms with Crippen molar-refractivity contribution < 1.29 is 22.7 Å². The molecule has 2 saturated carbocycles. The Hall–Kier alpha value is -1.93. The summed E-state index contributed by atoms with van der Waals surface area (Å²) in [6.45, 7) is 0.0978. The fraction of sp³-hybridized carbons (Fsp3) is 0.579. The molecule has 1 aromatic rings. The number of fused-ring (bicyclic) bond motifs is 1. The van der Waals surface area contributed by atoms with Crippen LogP contribution in [0.4, 0.5) is 0 Å². The van der Waals surface area contributed by atoms with Crippen molar-refractivity contribution in [2.24, 2.45) is 11.8 Å². The molecule has 3 fully saturated rings. The molecule has 4 rings (SSSR count). The van der Waals surface area contributed by atoms with E-state index in [1.54, 1.807) is 12.1 Å². The van der Waals surface area contributed by atoms with E-state index in [1.165, 1.54) is 18.1 Å². The summed E-state index contributed by atoms with van der Waals surface area (Å²) in [7, 11) is -2.29. The number of hydrogen-bond donors (Lipinski definition) is 1. The number of methoxy groups -OCH3 is 1. The normalized spacial score (nSPS) is 25.6. The maximum Gasteiger partial charge on any atom is 0.244 e. The summed E-state index contributed by atoms with van der Waals surface area (Å²) in [5.41, 5.74) is 0.604. The van der Waals surface area contributed by atoms with Crippen LogP contribution in [-0.2, 0) is 26.2 Å². The molecule has 2 aliphatic carbocycles. The van der Waals surface area contributed by atoms with Crippen LogP contribution in [0.15, 0.2) is 23.1 Å². The molecule has 1 saturated heterocycles. The molecule has 8 heteroatoms. The van der Waals surface area contributed by atoms with Gasteiger partial charge in [-0.15, -0.1) is 0 Å². The molecule has 1 heterocycles. The Bertz CT molecular complexity index is 854. The van der Waals surface area contributed by atoms with Gasteiger partial charge in [0.2, 0.25) is 21.8 Å².